The van der Waals surface area contributed by atoms with Gasteiger partial charge in [0, 0.05) is 11.3 Å². The van der Waals surface area contributed by atoms with E-state index in [0.717, 1.165) is 35.4 Å². The molecule has 1 atom stereocenters. The van der Waals surface area contributed by atoms with Crippen LogP contribution >= 0.6 is 11.8 Å². The van der Waals surface area contributed by atoms with E-state index < -0.39 is 5.54 Å². The zero-order valence-electron chi connectivity index (χ0n) is 18.3. The molecule has 0 aliphatic heterocycles. The van der Waals surface area contributed by atoms with Crippen LogP contribution in [0.2, 0.25) is 0 Å². The van der Waals surface area contributed by atoms with Gasteiger partial charge in [-0.15, -0.1) is 10.2 Å². The number of methoxy groups -OCH3 is 1. The van der Waals surface area contributed by atoms with Crippen LogP contribution in [0.4, 0.5) is 0 Å². The van der Waals surface area contributed by atoms with Crippen LogP contribution in [0.25, 0.3) is 17.1 Å². The Labute approximate surface area is 191 Å². The largest absolute Gasteiger partial charge is 0.497 e. The number of hydrogen-bond acceptors (Lipinski definition) is 6. The average Bonchev–Trinajstić information content (AvgIpc) is 3.59. The molecule has 1 unspecified atom stereocenters. The van der Waals surface area contributed by atoms with Crippen LogP contribution in [0.5, 0.6) is 5.75 Å². The van der Waals surface area contributed by atoms with Gasteiger partial charge in [-0.3, -0.25) is 9.36 Å². The minimum absolute atomic E-state index is 0.149. The number of carbonyl (C=O) groups is 1. The molecule has 8 heteroatoms. The van der Waals surface area contributed by atoms with Crippen molar-refractivity contribution in [2.75, 3.05) is 12.9 Å². The molecule has 3 aromatic rings. The Kier molecular flexibility index (Phi) is 6.19. The quantitative estimate of drug-likeness (QED) is 0.522. The first kappa shape index (κ1) is 21.9. The van der Waals surface area contributed by atoms with E-state index in [4.69, 9.17) is 4.74 Å². The Morgan fingerprint density at radius 3 is 2.50 bits per heavy atom. The third-order valence-corrected chi connectivity index (χ3v) is 6.56. The first-order chi connectivity index (χ1) is 15.4. The average molecular weight is 448 g/mol. The van der Waals surface area contributed by atoms with Gasteiger partial charge in [-0.05, 0) is 69.0 Å². The molecule has 32 heavy (non-hydrogen) atoms. The van der Waals surface area contributed by atoms with Crippen LogP contribution < -0.4 is 10.1 Å². The Hall–Kier alpha value is -3.31. The molecule has 1 N–H and O–H groups in total. The van der Waals surface area contributed by atoms with Gasteiger partial charge in [-0.25, -0.2) is 0 Å². The molecule has 1 saturated carbocycles. The predicted molar refractivity (Wildman–Crippen MR) is 124 cm³/mol. The number of nitriles is 1. The molecule has 0 bridgehead atoms. The topological polar surface area (TPSA) is 92.8 Å². The van der Waals surface area contributed by atoms with Gasteiger partial charge < -0.3 is 10.1 Å². The zero-order chi connectivity index (χ0) is 22.7. The molecule has 1 aromatic heterocycles. The number of hydrogen-bond donors (Lipinski definition) is 1. The summed E-state index contributed by atoms with van der Waals surface area (Å²) < 4.78 is 7.21. The normalized spacial score (nSPS) is 14.9. The second-order valence-corrected chi connectivity index (χ2v) is 9.07. The molecular weight excluding hydrogens is 422 g/mol. The first-order valence-corrected chi connectivity index (χ1v) is 11.4. The smallest absolute Gasteiger partial charge is 0.231 e. The Morgan fingerprint density at radius 2 is 1.91 bits per heavy atom. The van der Waals surface area contributed by atoms with Gasteiger partial charge in [0.05, 0.1) is 18.9 Å². The number of rotatable bonds is 8. The Bertz CT molecular complexity index is 1150. The minimum atomic E-state index is -0.809. The van der Waals surface area contributed by atoms with Crippen LogP contribution in [-0.4, -0.2) is 39.1 Å². The SMILES string of the molecule is COc1ccc(-c2nnc(SCC(=O)NC(C)(C#N)C3CC3)n2-c2ccc(C)cc2)cc1. The van der Waals surface area contributed by atoms with E-state index >= 15 is 0 Å². The number of nitrogens with zero attached hydrogens (tertiary/aromatic N) is 4. The van der Waals surface area contributed by atoms with E-state index in [0.29, 0.717) is 11.0 Å². The van der Waals surface area contributed by atoms with Gasteiger partial charge in [0.15, 0.2) is 11.0 Å². The van der Waals surface area contributed by atoms with E-state index in [-0.39, 0.29) is 17.6 Å². The van der Waals surface area contributed by atoms with Crippen LogP contribution in [0.3, 0.4) is 0 Å². The van der Waals surface area contributed by atoms with Crippen molar-refractivity contribution in [3.63, 3.8) is 0 Å². The number of thioether (sulfide) groups is 1. The zero-order valence-corrected chi connectivity index (χ0v) is 19.1. The lowest BCUT2D eigenvalue weighted by Gasteiger charge is -2.22. The third-order valence-electron chi connectivity index (χ3n) is 5.63. The summed E-state index contributed by atoms with van der Waals surface area (Å²) in [5, 5.41) is 21.8. The van der Waals surface area contributed by atoms with Crippen molar-refractivity contribution in [2.45, 2.75) is 37.4 Å². The van der Waals surface area contributed by atoms with Crippen molar-refractivity contribution in [1.29, 1.82) is 5.26 Å². The van der Waals surface area contributed by atoms with E-state index in [1.807, 2.05) is 60.0 Å². The summed E-state index contributed by atoms with van der Waals surface area (Å²) in [4.78, 5) is 12.6. The molecule has 0 spiro atoms. The number of benzene rings is 2. The molecule has 0 saturated heterocycles. The molecule has 1 fully saturated rings. The summed E-state index contributed by atoms with van der Waals surface area (Å²) in [5.41, 5.74) is 2.14. The summed E-state index contributed by atoms with van der Waals surface area (Å²) >= 11 is 1.30. The van der Waals surface area contributed by atoms with Crippen LogP contribution in [0.15, 0.2) is 53.7 Å². The Balaban J connectivity index is 1.60. The molecule has 1 heterocycles. The van der Waals surface area contributed by atoms with Crippen molar-refractivity contribution in [3.8, 4) is 28.9 Å². The highest BCUT2D eigenvalue weighted by Gasteiger charge is 2.43. The fourth-order valence-electron chi connectivity index (χ4n) is 3.55. The fraction of sp³-hybridized carbons (Fsp3) is 0.333. The van der Waals surface area contributed by atoms with Crippen molar-refractivity contribution < 1.29 is 9.53 Å². The van der Waals surface area contributed by atoms with E-state index in [9.17, 15) is 10.1 Å². The number of aromatic nitrogens is 3. The number of carbonyl (C=O) groups excluding carboxylic acids is 1. The highest BCUT2D eigenvalue weighted by atomic mass is 32.2. The van der Waals surface area contributed by atoms with Gasteiger partial charge in [0.2, 0.25) is 5.91 Å². The molecular formula is C24H25N5O2S. The van der Waals surface area contributed by atoms with Crippen LogP contribution in [-0.2, 0) is 4.79 Å². The van der Waals surface area contributed by atoms with E-state index in [1.54, 1.807) is 14.0 Å². The minimum Gasteiger partial charge on any atom is -0.497 e. The summed E-state index contributed by atoms with van der Waals surface area (Å²) in [6, 6.07) is 18.0. The fourth-order valence-corrected chi connectivity index (χ4v) is 4.31. The maximum absolute atomic E-state index is 12.6. The highest BCUT2D eigenvalue weighted by molar-refractivity contribution is 7.99. The molecule has 2 aromatic carbocycles. The van der Waals surface area contributed by atoms with Gasteiger partial charge in [-0.2, -0.15) is 5.26 Å². The van der Waals surface area contributed by atoms with Crippen molar-refractivity contribution in [1.82, 2.24) is 20.1 Å². The monoisotopic (exact) mass is 447 g/mol. The summed E-state index contributed by atoms with van der Waals surface area (Å²) in [7, 11) is 1.63. The maximum atomic E-state index is 12.6. The van der Waals surface area contributed by atoms with Crippen molar-refractivity contribution in [2.24, 2.45) is 5.92 Å². The lowest BCUT2D eigenvalue weighted by Crippen LogP contribution is -2.47. The summed E-state index contributed by atoms with van der Waals surface area (Å²) in [6.45, 7) is 3.83. The number of aryl methyl sites for hydroxylation is 1. The third kappa shape index (κ3) is 4.63. The van der Waals surface area contributed by atoms with Gasteiger partial charge >= 0.3 is 0 Å². The molecule has 1 aliphatic rings. The molecule has 7 nitrogen and oxygen atoms in total. The first-order valence-electron chi connectivity index (χ1n) is 10.5. The summed E-state index contributed by atoms with van der Waals surface area (Å²) in [5.74, 6) is 1.64. The van der Waals surface area contributed by atoms with Gasteiger partial charge in [0.25, 0.3) is 0 Å². The second kappa shape index (κ2) is 9.05. The number of ether oxygens (including phenoxy) is 1. The molecule has 164 valence electrons. The predicted octanol–water partition coefficient (Wildman–Crippen LogP) is 4.15. The van der Waals surface area contributed by atoms with Gasteiger partial charge in [0.1, 0.15) is 11.3 Å². The number of amides is 1. The maximum Gasteiger partial charge on any atom is 0.231 e. The molecule has 1 aliphatic carbocycles. The lowest BCUT2D eigenvalue weighted by molar-refractivity contribution is -0.119. The standard InChI is InChI=1S/C24H25N5O2S/c1-16-4-10-19(11-5-16)29-22(17-6-12-20(31-3)13-7-17)27-28-23(29)32-14-21(30)26-24(2,15-25)18-8-9-18/h4-7,10-13,18H,8-9,14H2,1-3H3,(H,26,30). The van der Waals surface area contributed by atoms with Gasteiger partial charge in [-0.1, -0.05) is 29.5 Å². The van der Waals surface area contributed by atoms with E-state index in [2.05, 4.69) is 21.6 Å². The van der Waals surface area contributed by atoms with Crippen LogP contribution in [0.1, 0.15) is 25.3 Å². The Morgan fingerprint density at radius 1 is 1.22 bits per heavy atom. The van der Waals surface area contributed by atoms with Crippen molar-refractivity contribution >= 4 is 17.7 Å². The van der Waals surface area contributed by atoms with E-state index in [1.165, 1.54) is 11.8 Å². The summed E-state index contributed by atoms with van der Waals surface area (Å²) in [6.07, 6.45) is 1.95. The molecule has 1 amide bonds. The van der Waals surface area contributed by atoms with Crippen molar-refractivity contribution in [3.05, 3.63) is 54.1 Å². The lowest BCUT2D eigenvalue weighted by atomic mass is 9.98. The van der Waals surface area contributed by atoms with Crippen LogP contribution in [0, 0.1) is 24.2 Å². The number of nitrogens with one attached hydrogen (secondary N) is 1. The second-order valence-electron chi connectivity index (χ2n) is 8.13. The highest BCUT2D eigenvalue weighted by Crippen LogP contribution is 2.39. The molecule has 0 radical (unpaired) electrons. The molecule has 4 rings (SSSR count).